The number of anilines is 2. The van der Waals surface area contributed by atoms with Crippen molar-refractivity contribution < 1.29 is 5.11 Å². The van der Waals surface area contributed by atoms with E-state index in [1.165, 1.54) is 11.1 Å². The summed E-state index contributed by atoms with van der Waals surface area (Å²) in [5.74, 6) is 1.62. The van der Waals surface area contributed by atoms with E-state index in [-0.39, 0.29) is 0 Å². The lowest BCUT2D eigenvalue weighted by atomic mass is 9.96. The van der Waals surface area contributed by atoms with Crippen LogP contribution < -0.4 is 10.2 Å². The van der Waals surface area contributed by atoms with E-state index in [2.05, 4.69) is 32.3 Å². The summed E-state index contributed by atoms with van der Waals surface area (Å²) in [5.41, 5.74) is 4.58. The Labute approximate surface area is 131 Å². The molecule has 1 aliphatic rings. The normalized spacial score (nSPS) is 15.4. The third-order valence-electron chi connectivity index (χ3n) is 4.11. The first-order valence-electron chi connectivity index (χ1n) is 7.65. The summed E-state index contributed by atoms with van der Waals surface area (Å²) in [6, 6.07) is 8.28. The number of fused-ring (bicyclic) bond motifs is 1. The van der Waals surface area contributed by atoms with Crippen molar-refractivity contribution in [2.45, 2.75) is 32.9 Å². The predicted molar refractivity (Wildman–Crippen MR) is 88.1 cm³/mol. The Morgan fingerprint density at radius 2 is 2.05 bits per heavy atom. The van der Waals surface area contributed by atoms with Crippen LogP contribution in [0.4, 0.5) is 11.8 Å². The van der Waals surface area contributed by atoms with Gasteiger partial charge in [-0.3, -0.25) is 0 Å². The van der Waals surface area contributed by atoms with Crippen molar-refractivity contribution in [1.29, 1.82) is 0 Å². The third-order valence-corrected chi connectivity index (χ3v) is 4.11. The van der Waals surface area contributed by atoms with E-state index in [0.29, 0.717) is 5.95 Å². The average molecular weight is 298 g/mol. The van der Waals surface area contributed by atoms with Gasteiger partial charge >= 0.3 is 0 Å². The van der Waals surface area contributed by atoms with Crippen molar-refractivity contribution in [3.63, 3.8) is 0 Å². The summed E-state index contributed by atoms with van der Waals surface area (Å²) in [6.45, 7) is 5.56. The first-order chi connectivity index (χ1) is 10.6. The maximum absolute atomic E-state index is 9.71. The van der Waals surface area contributed by atoms with Gasteiger partial charge in [0.2, 0.25) is 5.95 Å². The van der Waals surface area contributed by atoms with E-state index >= 15 is 0 Å². The molecule has 5 nitrogen and oxygen atoms in total. The first kappa shape index (κ1) is 14.8. The van der Waals surface area contributed by atoms with Crippen molar-refractivity contribution >= 4 is 11.8 Å². The minimum absolute atomic E-state index is 0.411. The predicted octanol–water partition coefficient (Wildman–Crippen LogP) is 2.44. The van der Waals surface area contributed by atoms with Crippen molar-refractivity contribution in [3.05, 3.63) is 46.6 Å². The number of benzene rings is 1. The van der Waals surface area contributed by atoms with Crippen LogP contribution in [-0.2, 0) is 13.0 Å². The molecule has 2 N–H and O–H groups in total. The molecule has 1 atom stereocenters. The van der Waals surface area contributed by atoms with Crippen LogP contribution in [0.1, 0.15) is 35.4 Å². The van der Waals surface area contributed by atoms with Gasteiger partial charge in [-0.2, -0.15) is 4.98 Å². The SMILES string of the molecule is CNc1nc(C)cc(N2CCc3cc([C@H](C)O)ccc3C2)n1. The molecule has 0 spiro atoms. The fraction of sp³-hybridized carbons (Fsp3) is 0.412. The summed E-state index contributed by atoms with van der Waals surface area (Å²) in [7, 11) is 1.83. The Hall–Kier alpha value is -2.14. The van der Waals surface area contributed by atoms with E-state index in [0.717, 1.165) is 36.6 Å². The topological polar surface area (TPSA) is 61.3 Å². The summed E-state index contributed by atoms with van der Waals surface area (Å²) in [4.78, 5) is 11.2. The molecule has 1 aliphatic heterocycles. The summed E-state index contributed by atoms with van der Waals surface area (Å²) in [6.07, 6.45) is 0.555. The Bertz CT molecular complexity index is 684. The number of aromatic nitrogens is 2. The number of nitrogens with zero attached hydrogens (tertiary/aromatic N) is 3. The van der Waals surface area contributed by atoms with Gasteiger partial charge in [0.15, 0.2) is 0 Å². The van der Waals surface area contributed by atoms with E-state index < -0.39 is 6.10 Å². The van der Waals surface area contributed by atoms with Crippen LogP contribution in [0.15, 0.2) is 24.3 Å². The van der Waals surface area contributed by atoms with Gasteiger partial charge in [-0.25, -0.2) is 4.98 Å². The molecule has 2 heterocycles. The van der Waals surface area contributed by atoms with Crippen molar-refractivity contribution in [3.8, 4) is 0 Å². The van der Waals surface area contributed by atoms with Crippen LogP contribution in [0.5, 0.6) is 0 Å². The maximum atomic E-state index is 9.71. The molecular formula is C17H22N4O. The monoisotopic (exact) mass is 298 g/mol. The molecule has 1 aromatic carbocycles. The molecule has 2 aromatic rings. The molecule has 1 aromatic heterocycles. The molecule has 0 radical (unpaired) electrons. The number of aliphatic hydroxyl groups excluding tert-OH is 1. The third kappa shape index (κ3) is 2.90. The van der Waals surface area contributed by atoms with E-state index in [9.17, 15) is 5.11 Å². The van der Waals surface area contributed by atoms with Crippen molar-refractivity contribution in [2.75, 3.05) is 23.8 Å². The maximum Gasteiger partial charge on any atom is 0.224 e. The van der Waals surface area contributed by atoms with Gasteiger partial charge < -0.3 is 15.3 Å². The number of rotatable bonds is 3. The average Bonchev–Trinajstić information content (AvgIpc) is 2.53. The molecule has 0 bridgehead atoms. The lowest BCUT2D eigenvalue weighted by Crippen LogP contribution is -2.31. The van der Waals surface area contributed by atoms with E-state index in [4.69, 9.17) is 0 Å². The molecule has 3 rings (SSSR count). The number of aryl methyl sites for hydroxylation is 1. The van der Waals surface area contributed by atoms with Crippen LogP contribution in [-0.4, -0.2) is 28.7 Å². The summed E-state index contributed by atoms with van der Waals surface area (Å²) < 4.78 is 0. The minimum Gasteiger partial charge on any atom is -0.389 e. The van der Waals surface area contributed by atoms with Gasteiger partial charge in [0.1, 0.15) is 5.82 Å². The molecule has 0 unspecified atom stereocenters. The molecule has 0 amide bonds. The number of hydrogen-bond donors (Lipinski definition) is 2. The summed E-state index contributed by atoms with van der Waals surface area (Å²) in [5, 5.41) is 12.7. The fourth-order valence-corrected chi connectivity index (χ4v) is 2.85. The zero-order valence-corrected chi connectivity index (χ0v) is 13.3. The second kappa shape index (κ2) is 5.93. The number of hydrogen-bond acceptors (Lipinski definition) is 5. The molecule has 116 valence electrons. The summed E-state index contributed by atoms with van der Waals surface area (Å²) >= 11 is 0. The van der Waals surface area contributed by atoms with Crippen LogP contribution in [0.2, 0.25) is 0 Å². The van der Waals surface area contributed by atoms with Crippen molar-refractivity contribution in [1.82, 2.24) is 9.97 Å². The van der Waals surface area contributed by atoms with Crippen LogP contribution in [0, 0.1) is 6.92 Å². The van der Waals surface area contributed by atoms with Gasteiger partial charge in [0.05, 0.1) is 6.10 Å². The lowest BCUT2D eigenvalue weighted by molar-refractivity contribution is 0.199. The molecule has 0 fully saturated rings. The Kier molecular flexibility index (Phi) is 3.98. The molecule has 0 saturated heterocycles. The lowest BCUT2D eigenvalue weighted by Gasteiger charge is -2.30. The molecule has 5 heteroatoms. The van der Waals surface area contributed by atoms with Gasteiger partial charge in [0, 0.05) is 31.9 Å². The zero-order chi connectivity index (χ0) is 15.7. The van der Waals surface area contributed by atoms with Crippen LogP contribution >= 0.6 is 0 Å². The van der Waals surface area contributed by atoms with Gasteiger partial charge in [-0.05, 0) is 37.0 Å². The minimum atomic E-state index is -0.411. The Morgan fingerprint density at radius 3 is 2.77 bits per heavy atom. The number of nitrogens with one attached hydrogen (secondary N) is 1. The molecular weight excluding hydrogens is 276 g/mol. The van der Waals surface area contributed by atoms with Gasteiger partial charge in [-0.1, -0.05) is 18.2 Å². The highest BCUT2D eigenvalue weighted by molar-refractivity contribution is 5.48. The largest absolute Gasteiger partial charge is 0.389 e. The highest BCUT2D eigenvalue weighted by Crippen LogP contribution is 2.26. The quantitative estimate of drug-likeness (QED) is 0.911. The molecule has 0 saturated carbocycles. The highest BCUT2D eigenvalue weighted by Gasteiger charge is 2.19. The van der Waals surface area contributed by atoms with E-state index in [1.807, 2.05) is 26.1 Å². The highest BCUT2D eigenvalue weighted by atomic mass is 16.3. The smallest absolute Gasteiger partial charge is 0.224 e. The van der Waals surface area contributed by atoms with Crippen molar-refractivity contribution in [2.24, 2.45) is 0 Å². The zero-order valence-electron chi connectivity index (χ0n) is 13.3. The number of aliphatic hydroxyl groups is 1. The van der Waals surface area contributed by atoms with E-state index in [1.54, 1.807) is 6.92 Å². The fourth-order valence-electron chi connectivity index (χ4n) is 2.85. The Morgan fingerprint density at radius 1 is 1.23 bits per heavy atom. The molecule has 22 heavy (non-hydrogen) atoms. The second-order valence-electron chi connectivity index (χ2n) is 5.82. The van der Waals surface area contributed by atoms with Crippen LogP contribution in [0.25, 0.3) is 0 Å². The molecule has 0 aliphatic carbocycles. The Balaban J connectivity index is 1.87. The van der Waals surface area contributed by atoms with Gasteiger partial charge in [-0.15, -0.1) is 0 Å². The van der Waals surface area contributed by atoms with Crippen LogP contribution in [0.3, 0.4) is 0 Å². The first-order valence-corrected chi connectivity index (χ1v) is 7.65. The standard InChI is InChI=1S/C17H22N4O/c1-11-8-16(20-17(18-3)19-11)21-7-6-14-9-13(12(2)22)4-5-15(14)10-21/h4-5,8-9,12,22H,6-7,10H2,1-3H3,(H,18,19,20)/t12-/m0/s1. The second-order valence-corrected chi connectivity index (χ2v) is 5.82. The van der Waals surface area contributed by atoms with Gasteiger partial charge in [0.25, 0.3) is 0 Å².